The first-order chi connectivity index (χ1) is 17.5. The zero-order valence-corrected chi connectivity index (χ0v) is 21.1. The third-order valence-electron chi connectivity index (χ3n) is 8.45. The van der Waals surface area contributed by atoms with Crippen LogP contribution in [-0.2, 0) is 20.2 Å². The van der Waals surface area contributed by atoms with Crippen LogP contribution < -0.4 is 4.72 Å². The predicted molar refractivity (Wildman–Crippen MR) is 129 cm³/mol. The maximum atomic E-state index is 14.5. The molecule has 3 aromatic rings. The molecular formula is C26H26F2N4O4S. The van der Waals surface area contributed by atoms with Crippen LogP contribution in [0.1, 0.15) is 49.6 Å². The highest BCUT2D eigenvalue weighted by molar-refractivity contribution is 7.89. The van der Waals surface area contributed by atoms with E-state index >= 15 is 0 Å². The maximum Gasteiger partial charge on any atom is 0.258 e. The molecule has 2 atom stereocenters. The van der Waals surface area contributed by atoms with Gasteiger partial charge in [0, 0.05) is 0 Å². The fourth-order valence-corrected chi connectivity index (χ4v) is 7.76. The van der Waals surface area contributed by atoms with Crippen molar-refractivity contribution in [2.45, 2.75) is 48.6 Å². The second-order valence-electron chi connectivity index (χ2n) is 10.7. The highest BCUT2D eigenvalue weighted by atomic mass is 32.2. The number of aliphatic hydroxyl groups excluding tert-OH is 1. The summed E-state index contributed by atoms with van der Waals surface area (Å²) >= 11 is 0. The molecule has 1 saturated heterocycles. The molecule has 3 aliphatic rings. The first-order valence-corrected chi connectivity index (χ1v) is 13.6. The summed E-state index contributed by atoms with van der Waals surface area (Å²) in [4.78, 5) is 4.62. The maximum absolute atomic E-state index is 14.5. The normalized spacial score (nSPS) is 25.1. The van der Waals surface area contributed by atoms with Crippen LogP contribution in [0.3, 0.4) is 0 Å². The highest BCUT2D eigenvalue weighted by Gasteiger charge is 2.65. The van der Waals surface area contributed by atoms with E-state index in [1.165, 1.54) is 24.3 Å². The van der Waals surface area contributed by atoms with E-state index in [1.54, 1.807) is 18.2 Å². The molecule has 1 aromatic carbocycles. The van der Waals surface area contributed by atoms with E-state index in [4.69, 9.17) is 4.74 Å². The molecule has 0 amide bonds. The molecule has 2 aliphatic carbocycles. The zero-order valence-electron chi connectivity index (χ0n) is 20.3. The van der Waals surface area contributed by atoms with Crippen molar-refractivity contribution >= 4 is 10.0 Å². The van der Waals surface area contributed by atoms with Gasteiger partial charge in [-0.05, 0) is 60.1 Å². The van der Waals surface area contributed by atoms with Gasteiger partial charge >= 0.3 is 0 Å². The average Bonchev–Trinajstić information content (AvgIpc) is 3.22. The molecule has 1 aliphatic heterocycles. The summed E-state index contributed by atoms with van der Waals surface area (Å²) in [6.07, 6.45) is 1.46. The first-order valence-electron chi connectivity index (χ1n) is 12.1. The van der Waals surface area contributed by atoms with Gasteiger partial charge in [0.15, 0.2) is 5.03 Å². The summed E-state index contributed by atoms with van der Waals surface area (Å²) in [5.74, 6) is -1.40. The number of nitrogens with one attached hydrogen (secondary N) is 1. The Hall–Kier alpha value is -2.86. The second kappa shape index (κ2) is 8.07. The molecule has 2 N–H and O–H groups in total. The van der Waals surface area contributed by atoms with Gasteiger partial charge < -0.3 is 9.84 Å². The fourth-order valence-electron chi connectivity index (χ4n) is 6.43. The van der Waals surface area contributed by atoms with Crippen LogP contribution in [-0.4, -0.2) is 54.1 Å². The summed E-state index contributed by atoms with van der Waals surface area (Å²) in [6, 6.07) is 10.2. The summed E-state index contributed by atoms with van der Waals surface area (Å²) in [5, 5.41) is 18.2. The van der Waals surface area contributed by atoms with Gasteiger partial charge in [-0.1, -0.05) is 26.0 Å². The SMILES string of the molecule is CC1(C)[C@H]2CC[C@@]1(c1cccc(S(=O)(=O)NC3(CO)COC3)n1)c1nnc(-c3c(F)cccc3F)cc12. The van der Waals surface area contributed by atoms with Crippen LogP contribution in [0.25, 0.3) is 11.3 Å². The van der Waals surface area contributed by atoms with Crippen LogP contribution >= 0.6 is 0 Å². The molecule has 3 heterocycles. The van der Waals surface area contributed by atoms with Crippen molar-refractivity contribution in [3.63, 3.8) is 0 Å². The number of benzene rings is 1. The van der Waals surface area contributed by atoms with Gasteiger partial charge in [-0.25, -0.2) is 22.2 Å². The van der Waals surface area contributed by atoms with Gasteiger partial charge in [0.2, 0.25) is 0 Å². The zero-order chi connectivity index (χ0) is 26.2. The third-order valence-corrected chi connectivity index (χ3v) is 9.93. The molecule has 11 heteroatoms. The van der Waals surface area contributed by atoms with Gasteiger partial charge in [-0.15, -0.1) is 5.10 Å². The summed E-state index contributed by atoms with van der Waals surface area (Å²) < 4.78 is 63.0. The van der Waals surface area contributed by atoms with Gasteiger partial charge in [-0.2, -0.15) is 9.82 Å². The lowest BCUT2D eigenvalue weighted by Gasteiger charge is -2.40. The minimum atomic E-state index is -4.05. The van der Waals surface area contributed by atoms with Gasteiger partial charge in [0.1, 0.15) is 17.2 Å². The lowest BCUT2D eigenvalue weighted by atomic mass is 9.66. The lowest BCUT2D eigenvalue weighted by Crippen LogP contribution is -2.64. The Balaban J connectivity index is 1.45. The van der Waals surface area contributed by atoms with Crippen molar-refractivity contribution < 1.29 is 27.0 Å². The first kappa shape index (κ1) is 24.5. The summed E-state index contributed by atoms with van der Waals surface area (Å²) in [7, 11) is -4.05. The van der Waals surface area contributed by atoms with Gasteiger partial charge in [0.05, 0.1) is 47.9 Å². The number of sulfonamides is 1. The third kappa shape index (κ3) is 3.34. The minimum absolute atomic E-state index is 0.0246. The number of pyridine rings is 1. The molecule has 194 valence electrons. The Morgan fingerprint density at radius 2 is 1.81 bits per heavy atom. The molecule has 2 aromatic heterocycles. The van der Waals surface area contributed by atoms with Crippen LogP contribution in [0.4, 0.5) is 8.78 Å². The number of rotatable bonds is 6. The van der Waals surface area contributed by atoms with E-state index in [0.717, 1.165) is 12.0 Å². The van der Waals surface area contributed by atoms with Crippen molar-refractivity contribution in [2.75, 3.05) is 19.8 Å². The number of aliphatic hydroxyl groups is 1. The number of hydrogen-bond acceptors (Lipinski definition) is 7. The van der Waals surface area contributed by atoms with Gasteiger partial charge in [-0.3, -0.25) is 0 Å². The Bertz CT molecular complexity index is 1500. The van der Waals surface area contributed by atoms with Crippen LogP contribution in [0.5, 0.6) is 0 Å². The van der Waals surface area contributed by atoms with Crippen molar-refractivity contribution in [3.8, 4) is 11.3 Å². The molecule has 37 heavy (non-hydrogen) atoms. The number of fused-ring (bicyclic) bond motifs is 5. The molecule has 0 radical (unpaired) electrons. The largest absolute Gasteiger partial charge is 0.394 e. The van der Waals surface area contributed by atoms with E-state index in [-0.39, 0.29) is 35.4 Å². The molecule has 2 bridgehead atoms. The smallest absolute Gasteiger partial charge is 0.258 e. The fraction of sp³-hybridized carbons (Fsp3) is 0.423. The lowest BCUT2D eigenvalue weighted by molar-refractivity contribution is -0.0858. The van der Waals surface area contributed by atoms with E-state index in [0.29, 0.717) is 17.8 Å². The summed E-state index contributed by atoms with van der Waals surface area (Å²) in [6.45, 7) is 3.94. The number of aromatic nitrogens is 3. The Morgan fingerprint density at radius 1 is 1.11 bits per heavy atom. The van der Waals surface area contributed by atoms with E-state index in [9.17, 15) is 22.3 Å². The van der Waals surface area contributed by atoms with E-state index < -0.39 is 44.6 Å². The number of ether oxygens (including phenoxy) is 1. The predicted octanol–water partition coefficient (Wildman–Crippen LogP) is 3.06. The van der Waals surface area contributed by atoms with Crippen molar-refractivity contribution in [2.24, 2.45) is 5.41 Å². The highest BCUT2D eigenvalue weighted by Crippen LogP contribution is 2.69. The Kier molecular flexibility index (Phi) is 5.34. The molecule has 8 nitrogen and oxygen atoms in total. The topological polar surface area (TPSA) is 114 Å². The van der Waals surface area contributed by atoms with Gasteiger partial charge in [0.25, 0.3) is 10.0 Å². The van der Waals surface area contributed by atoms with Crippen LogP contribution in [0.2, 0.25) is 0 Å². The molecule has 0 spiro atoms. The number of halogens is 2. The van der Waals surface area contributed by atoms with E-state index in [1.807, 2.05) is 0 Å². The second-order valence-corrected chi connectivity index (χ2v) is 12.4. The Morgan fingerprint density at radius 3 is 2.46 bits per heavy atom. The van der Waals surface area contributed by atoms with Crippen molar-refractivity contribution in [1.29, 1.82) is 0 Å². The number of nitrogens with zero attached hydrogens (tertiary/aromatic N) is 3. The van der Waals surface area contributed by atoms with Crippen molar-refractivity contribution in [1.82, 2.24) is 19.9 Å². The Labute approximate surface area is 213 Å². The summed E-state index contributed by atoms with van der Waals surface area (Å²) in [5.41, 5.74) is -0.244. The van der Waals surface area contributed by atoms with Crippen LogP contribution in [0, 0.1) is 17.0 Å². The molecular weight excluding hydrogens is 502 g/mol. The number of hydrogen-bond donors (Lipinski definition) is 2. The average molecular weight is 529 g/mol. The quantitative estimate of drug-likeness (QED) is 0.506. The molecule has 6 rings (SSSR count). The minimum Gasteiger partial charge on any atom is -0.394 e. The van der Waals surface area contributed by atoms with E-state index in [2.05, 4.69) is 33.8 Å². The molecule has 2 fully saturated rings. The monoisotopic (exact) mass is 528 g/mol. The van der Waals surface area contributed by atoms with Crippen LogP contribution in [0.15, 0.2) is 47.5 Å². The van der Waals surface area contributed by atoms with Crippen molar-refractivity contribution in [3.05, 3.63) is 71.1 Å². The molecule has 1 saturated carbocycles. The molecule has 0 unspecified atom stereocenters. The standard InChI is InChI=1S/C26H26F2N4O4S/c1-24(2)16-9-10-26(24,23-15(16)11-19(30-31-23)22-17(27)5-3-6-18(22)28)20-7-4-8-21(29-20)37(34,35)32-25(12-33)13-36-14-25/h3-8,11,16,32-33H,9-10,12-14H2,1-2H3/t16-,26+/m0/s1.